The molecular weight excluding hydrogens is 376 g/mol. The number of anilines is 1. The van der Waals surface area contributed by atoms with Gasteiger partial charge in [-0.25, -0.2) is 9.97 Å². The summed E-state index contributed by atoms with van der Waals surface area (Å²) in [7, 11) is 0. The van der Waals surface area contributed by atoms with Crippen molar-refractivity contribution in [2.45, 2.75) is 34.2 Å². The Labute approximate surface area is 167 Å². The van der Waals surface area contributed by atoms with Gasteiger partial charge in [0.15, 0.2) is 5.82 Å². The Hall–Kier alpha value is -1.90. The molecule has 0 aromatic carbocycles. The Bertz CT molecular complexity index is 922. The monoisotopic (exact) mass is 400 g/mol. The molecule has 1 aliphatic rings. The summed E-state index contributed by atoms with van der Waals surface area (Å²) in [6, 6.07) is 4.15. The predicted molar refractivity (Wildman–Crippen MR) is 112 cm³/mol. The van der Waals surface area contributed by atoms with E-state index < -0.39 is 0 Å². The topological polar surface area (TPSA) is 58.0 Å². The Morgan fingerprint density at radius 3 is 2.11 bits per heavy atom. The summed E-state index contributed by atoms with van der Waals surface area (Å²) in [5, 5.41) is 11.2. The lowest BCUT2D eigenvalue weighted by atomic mass is 10.2. The molecule has 4 rings (SSSR count). The van der Waals surface area contributed by atoms with Crippen LogP contribution in [-0.2, 0) is 6.54 Å². The molecule has 0 saturated carbocycles. The highest BCUT2D eigenvalue weighted by molar-refractivity contribution is 7.15. The zero-order valence-corrected chi connectivity index (χ0v) is 17.8. The lowest BCUT2D eigenvalue weighted by Crippen LogP contribution is -2.46. The van der Waals surface area contributed by atoms with Crippen molar-refractivity contribution in [3.63, 3.8) is 0 Å². The minimum Gasteiger partial charge on any atom is -0.353 e. The summed E-state index contributed by atoms with van der Waals surface area (Å²) >= 11 is 3.49. The van der Waals surface area contributed by atoms with Crippen molar-refractivity contribution in [1.82, 2.24) is 25.1 Å². The lowest BCUT2D eigenvalue weighted by molar-refractivity contribution is 0.250. The van der Waals surface area contributed by atoms with Crippen LogP contribution in [0.3, 0.4) is 0 Å². The molecular formula is C19H24N6S2. The minimum absolute atomic E-state index is 0.913. The fourth-order valence-corrected chi connectivity index (χ4v) is 5.31. The van der Waals surface area contributed by atoms with Gasteiger partial charge < -0.3 is 4.90 Å². The lowest BCUT2D eigenvalue weighted by Gasteiger charge is -2.35. The van der Waals surface area contributed by atoms with E-state index in [4.69, 9.17) is 0 Å². The molecule has 0 radical (unpaired) electrons. The highest BCUT2D eigenvalue weighted by Gasteiger charge is 2.20. The maximum Gasteiger partial charge on any atom is 0.151 e. The maximum absolute atomic E-state index is 4.54. The minimum atomic E-state index is 0.913. The molecule has 27 heavy (non-hydrogen) atoms. The zero-order valence-electron chi connectivity index (χ0n) is 16.2. The average molecular weight is 401 g/mol. The first-order valence-corrected chi connectivity index (χ1v) is 10.8. The highest BCUT2D eigenvalue weighted by atomic mass is 32.1. The number of aryl methyl sites for hydroxylation is 4. The van der Waals surface area contributed by atoms with Gasteiger partial charge in [0.05, 0.1) is 26.3 Å². The van der Waals surface area contributed by atoms with Crippen LogP contribution in [-0.4, -0.2) is 51.2 Å². The summed E-state index contributed by atoms with van der Waals surface area (Å²) in [5.74, 6) is 0.960. The number of aromatic nitrogens is 4. The van der Waals surface area contributed by atoms with Crippen LogP contribution in [0.4, 0.5) is 5.82 Å². The Kier molecular flexibility index (Phi) is 5.21. The van der Waals surface area contributed by atoms with Gasteiger partial charge in [0.2, 0.25) is 0 Å². The molecule has 1 aliphatic heterocycles. The van der Waals surface area contributed by atoms with E-state index in [2.05, 4.69) is 55.9 Å². The Balaban J connectivity index is 1.38. The number of piperazine rings is 1. The van der Waals surface area contributed by atoms with Crippen LogP contribution in [0.1, 0.15) is 26.3 Å². The largest absolute Gasteiger partial charge is 0.353 e. The highest BCUT2D eigenvalue weighted by Crippen LogP contribution is 2.28. The van der Waals surface area contributed by atoms with Gasteiger partial charge in [-0.05, 0) is 39.8 Å². The Morgan fingerprint density at radius 1 is 0.852 bits per heavy atom. The van der Waals surface area contributed by atoms with Gasteiger partial charge in [0.25, 0.3) is 0 Å². The quantitative estimate of drug-likeness (QED) is 0.667. The summed E-state index contributed by atoms with van der Waals surface area (Å²) in [5.41, 5.74) is 3.12. The predicted octanol–water partition coefficient (Wildman–Crippen LogP) is 3.61. The van der Waals surface area contributed by atoms with Gasteiger partial charge in [-0.3, -0.25) is 4.90 Å². The van der Waals surface area contributed by atoms with Crippen LogP contribution in [0.2, 0.25) is 0 Å². The van der Waals surface area contributed by atoms with Gasteiger partial charge >= 0.3 is 0 Å². The van der Waals surface area contributed by atoms with E-state index in [0.29, 0.717) is 0 Å². The van der Waals surface area contributed by atoms with Gasteiger partial charge in [-0.2, -0.15) is 0 Å². The first kappa shape index (κ1) is 18.5. The third-order valence-corrected chi connectivity index (χ3v) is 7.00. The van der Waals surface area contributed by atoms with Crippen LogP contribution < -0.4 is 4.90 Å². The zero-order chi connectivity index (χ0) is 19.0. The van der Waals surface area contributed by atoms with Gasteiger partial charge in [-0.1, -0.05) is 0 Å². The smallest absolute Gasteiger partial charge is 0.151 e. The third kappa shape index (κ3) is 4.02. The van der Waals surface area contributed by atoms with E-state index >= 15 is 0 Å². The molecule has 0 spiro atoms. The SMILES string of the molecule is Cc1nc(C)c(CN2CCN(c3ccc(-c4sc(C)nc4C)nn3)CC2)s1. The molecule has 4 heterocycles. The van der Waals surface area contributed by atoms with Crippen LogP contribution in [0.25, 0.3) is 10.6 Å². The standard InChI is InChI=1S/C19H24N6S2/c1-12-17(26-14(3)20-12)11-24-7-9-25(10-8-24)18-6-5-16(22-23-18)19-13(2)21-15(4)27-19/h5-6H,7-11H2,1-4H3. The molecule has 0 N–H and O–H groups in total. The molecule has 6 nitrogen and oxygen atoms in total. The molecule has 0 atom stereocenters. The fraction of sp³-hybridized carbons (Fsp3) is 0.474. The fourth-order valence-electron chi connectivity index (χ4n) is 3.44. The van der Waals surface area contributed by atoms with Crippen molar-refractivity contribution in [2.75, 3.05) is 31.1 Å². The summed E-state index contributed by atoms with van der Waals surface area (Å²) in [4.78, 5) is 16.4. The molecule has 8 heteroatoms. The molecule has 0 amide bonds. The van der Waals surface area contributed by atoms with Crippen LogP contribution in [0.5, 0.6) is 0 Å². The van der Waals surface area contributed by atoms with Crippen molar-refractivity contribution < 1.29 is 0 Å². The van der Waals surface area contributed by atoms with Crippen LogP contribution >= 0.6 is 22.7 Å². The van der Waals surface area contributed by atoms with E-state index in [1.54, 1.807) is 11.3 Å². The van der Waals surface area contributed by atoms with Crippen molar-refractivity contribution in [1.29, 1.82) is 0 Å². The number of nitrogens with zero attached hydrogens (tertiary/aromatic N) is 6. The summed E-state index contributed by atoms with van der Waals surface area (Å²) in [6.07, 6.45) is 0. The van der Waals surface area contributed by atoms with E-state index in [1.165, 1.54) is 10.6 Å². The molecule has 3 aromatic rings. The van der Waals surface area contributed by atoms with E-state index in [1.807, 2.05) is 25.2 Å². The summed E-state index contributed by atoms with van der Waals surface area (Å²) < 4.78 is 0. The van der Waals surface area contributed by atoms with Crippen molar-refractivity contribution in [3.05, 3.63) is 38.4 Å². The van der Waals surface area contributed by atoms with Crippen molar-refractivity contribution in [2.24, 2.45) is 0 Å². The summed E-state index contributed by atoms with van der Waals surface area (Å²) in [6.45, 7) is 13.3. The van der Waals surface area contributed by atoms with Crippen molar-refractivity contribution in [3.8, 4) is 10.6 Å². The molecule has 3 aromatic heterocycles. The maximum atomic E-state index is 4.54. The molecule has 0 bridgehead atoms. The average Bonchev–Trinajstić information content (AvgIpc) is 3.16. The number of hydrogen-bond donors (Lipinski definition) is 0. The normalized spacial score (nSPS) is 15.5. The molecule has 0 unspecified atom stereocenters. The van der Waals surface area contributed by atoms with Crippen LogP contribution in [0.15, 0.2) is 12.1 Å². The molecule has 142 valence electrons. The van der Waals surface area contributed by atoms with E-state index in [0.717, 1.165) is 64.8 Å². The number of hydrogen-bond acceptors (Lipinski definition) is 8. The van der Waals surface area contributed by atoms with Gasteiger partial charge in [0.1, 0.15) is 5.69 Å². The van der Waals surface area contributed by atoms with E-state index in [-0.39, 0.29) is 0 Å². The second kappa shape index (κ2) is 7.61. The molecule has 1 fully saturated rings. The first-order valence-electron chi connectivity index (χ1n) is 9.18. The second-order valence-electron chi connectivity index (χ2n) is 6.93. The van der Waals surface area contributed by atoms with E-state index in [9.17, 15) is 0 Å². The number of thiazole rings is 2. The van der Waals surface area contributed by atoms with Crippen LogP contribution in [0, 0.1) is 27.7 Å². The van der Waals surface area contributed by atoms with Gasteiger partial charge in [0, 0.05) is 37.6 Å². The molecule has 0 aliphatic carbocycles. The molecule has 1 saturated heterocycles. The second-order valence-corrected chi connectivity index (χ2v) is 9.42. The number of rotatable bonds is 4. The third-order valence-electron chi connectivity index (χ3n) is 4.85. The van der Waals surface area contributed by atoms with Gasteiger partial charge in [-0.15, -0.1) is 32.9 Å². The first-order chi connectivity index (χ1) is 13.0. The Morgan fingerprint density at radius 2 is 1.56 bits per heavy atom. The van der Waals surface area contributed by atoms with Crippen molar-refractivity contribution >= 4 is 28.5 Å².